The number of piperidine rings is 1. The number of rotatable bonds is 5. The Morgan fingerprint density at radius 1 is 1.25 bits per heavy atom. The number of hydrogen-bond acceptors (Lipinski definition) is 7. The molecule has 1 aliphatic heterocycles. The molecule has 2 fully saturated rings. The van der Waals surface area contributed by atoms with E-state index in [1.54, 1.807) is 12.5 Å². The lowest BCUT2D eigenvalue weighted by atomic mass is 10.0. The lowest BCUT2D eigenvalue weighted by molar-refractivity contribution is 0.482. The number of nitrogens with one attached hydrogen (secondary N) is 1. The van der Waals surface area contributed by atoms with Crippen LogP contribution in [0.2, 0.25) is 0 Å². The van der Waals surface area contributed by atoms with E-state index in [2.05, 4.69) is 48.4 Å². The van der Waals surface area contributed by atoms with Gasteiger partial charge >= 0.3 is 0 Å². The van der Waals surface area contributed by atoms with E-state index in [0.717, 1.165) is 43.4 Å². The summed E-state index contributed by atoms with van der Waals surface area (Å²) >= 11 is 0. The molecule has 0 spiro atoms. The molecular formula is C17H23N7. The Balaban J connectivity index is 1.46. The van der Waals surface area contributed by atoms with E-state index in [1.165, 1.54) is 12.8 Å². The number of anilines is 3. The van der Waals surface area contributed by atoms with Gasteiger partial charge in [-0.15, -0.1) is 5.10 Å². The summed E-state index contributed by atoms with van der Waals surface area (Å²) < 4.78 is 0. The SMILES string of the molecule is CN(c1cc(NC2CC2)ncn1)C1CCCN(c2cccnn2)C1. The third kappa shape index (κ3) is 3.39. The first-order valence-corrected chi connectivity index (χ1v) is 8.63. The number of nitrogens with zero attached hydrogens (tertiary/aromatic N) is 6. The fourth-order valence-electron chi connectivity index (χ4n) is 3.18. The highest BCUT2D eigenvalue weighted by Gasteiger charge is 2.26. The first-order chi connectivity index (χ1) is 11.8. The topological polar surface area (TPSA) is 70.1 Å². The Bertz CT molecular complexity index is 674. The fourth-order valence-corrected chi connectivity index (χ4v) is 3.18. The highest BCUT2D eigenvalue weighted by molar-refractivity contribution is 5.50. The zero-order chi connectivity index (χ0) is 16.4. The summed E-state index contributed by atoms with van der Waals surface area (Å²) in [4.78, 5) is 13.4. The van der Waals surface area contributed by atoms with Crippen molar-refractivity contribution in [1.82, 2.24) is 20.2 Å². The molecule has 2 aromatic heterocycles. The maximum absolute atomic E-state index is 4.47. The number of aromatic nitrogens is 4. The Morgan fingerprint density at radius 2 is 2.17 bits per heavy atom. The van der Waals surface area contributed by atoms with Crippen molar-refractivity contribution >= 4 is 17.5 Å². The minimum Gasteiger partial charge on any atom is -0.367 e. The van der Waals surface area contributed by atoms with Crippen molar-refractivity contribution < 1.29 is 0 Å². The van der Waals surface area contributed by atoms with Gasteiger partial charge in [-0.25, -0.2) is 9.97 Å². The second-order valence-electron chi connectivity index (χ2n) is 6.61. The average Bonchev–Trinajstić information content (AvgIpc) is 3.46. The van der Waals surface area contributed by atoms with Crippen LogP contribution >= 0.6 is 0 Å². The number of hydrogen-bond donors (Lipinski definition) is 1. The highest BCUT2D eigenvalue weighted by atomic mass is 15.3. The molecule has 7 heteroatoms. The van der Waals surface area contributed by atoms with E-state index in [1.807, 2.05) is 12.1 Å². The van der Waals surface area contributed by atoms with Gasteiger partial charge < -0.3 is 15.1 Å². The summed E-state index contributed by atoms with van der Waals surface area (Å²) in [6, 6.07) is 7.03. The van der Waals surface area contributed by atoms with Gasteiger partial charge in [-0.1, -0.05) is 0 Å². The van der Waals surface area contributed by atoms with Crippen LogP contribution < -0.4 is 15.1 Å². The Morgan fingerprint density at radius 3 is 2.96 bits per heavy atom. The van der Waals surface area contributed by atoms with Gasteiger partial charge in [0.1, 0.15) is 18.0 Å². The van der Waals surface area contributed by atoms with Crippen molar-refractivity contribution in [2.24, 2.45) is 0 Å². The molecule has 0 bridgehead atoms. The van der Waals surface area contributed by atoms with Crippen molar-refractivity contribution in [3.8, 4) is 0 Å². The molecule has 7 nitrogen and oxygen atoms in total. The van der Waals surface area contributed by atoms with E-state index in [9.17, 15) is 0 Å². The van der Waals surface area contributed by atoms with Crippen LogP contribution in [0.4, 0.5) is 17.5 Å². The molecule has 1 saturated heterocycles. The minimum atomic E-state index is 0.407. The summed E-state index contributed by atoms with van der Waals surface area (Å²) in [6.07, 6.45) is 8.15. The Hall–Kier alpha value is -2.44. The molecule has 1 aliphatic carbocycles. The molecule has 1 N–H and O–H groups in total. The average molecular weight is 325 g/mol. The highest BCUT2D eigenvalue weighted by Crippen LogP contribution is 2.26. The van der Waals surface area contributed by atoms with Crippen molar-refractivity contribution in [1.29, 1.82) is 0 Å². The molecule has 4 rings (SSSR count). The maximum Gasteiger partial charge on any atom is 0.151 e. The summed E-state index contributed by atoms with van der Waals surface area (Å²) in [6.45, 7) is 1.96. The molecular weight excluding hydrogens is 302 g/mol. The van der Waals surface area contributed by atoms with Crippen molar-refractivity contribution in [2.45, 2.75) is 37.8 Å². The van der Waals surface area contributed by atoms with E-state index < -0.39 is 0 Å². The first-order valence-electron chi connectivity index (χ1n) is 8.63. The van der Waals surface area contributed by atoms with Crippen LogP contribution in [0.25, 0.3) is 0 Å². The smallest absolute Gasteiger partial charge is 0.151 e. The molecule has 3 heterocycles. The molecule has 2 aliphatic rings. The van der Waals surface area contributed by atoms with Gasteiger partial charge in [0, 0.05) is 44.5 Å². The van der Waals surface area contributed by atoms with Crippen LogP contribution in [0.1, 0.15) is 25.7 Å². The first kappa shape index (κ1) is 15.1. The fraction of sp³-hybridized carbons (Fsp3) is 0.529. The van der Waals surface area contributed by atoms with Gasteiger partial charge in [-0.05, 0) is 37.8 Å². The largest absolute Gasteiger partial charge is 0.367 e. The van der Waals surface area contributed by atoms with Crippen LogP contribution in [-0.2, 0) is 0 Å². The maximum atomic E-state index is 4.47. The molecule has 0 radical (unpaired) electrons. The second kappa shape index (κ2) is 6.59. The lowest BCUT2D eigenvalue weighted by Gasteiger charge is -2.38. The zero-order valence-electron chi connectivity index (χ0n) is 14.0. The zero-order valence-corrected chi connectivity index (χ0v) is 14.0. The standard InChI is InChI=1S/C17H23N7/c1-23(17-10-15(18-12-19-17)21-13-6-7-13)14-4-3-9-24(11-14)16-5-2-8-20-22-16/h2,5,8,10,12-14H,3-4,6-7,9,11H2,1H3,(H,18,19,21). The van der Waals surface area contributed by atoms with E-state index >= 15 is 0 Å². The third-order valence-electron chi connectivity index (χ3n) is 4.77. The quantitative estimate of drug-likeness (QED) is 0.901. The van der Waals surface area contributed by atoms with Gasteiger partial charge in [0.25, 0.3) is 0 Å². The Kier molecular flexibility index (Phi) is 4.15. The van der Waals surface area contributed by atoms with Crippen LogP contribution in [0.5, 0.6) is 0 Å². The van der Waals surface area contributed by atoms with E-state index in [-0.39, 0.29) is 0 Å². The monoisotopic (exact) mass is 325 g/mol. The predicted octanol–water partition coefficient (Wildman–Crippen LogP) is 1.95. The van der Waals surface area contributed by atoms with Gasteiger partial charge in [0.2, 0.25) is 0 Å². The predicted molar refractivity (Wildman–Crippen MR) is 94.3 cm³/mol. The van der Waals surface area contributed by atoms with Crippen LogP contribution in [0.3, 0.4) is 0 Å². The molecule has 2 aromatic rings. The third-order valence-corrected chi connectivity index (χ3v) is 4.77. The lowest BCUT2D eigenvalue weighted by Crippen LogP contribution is -2.47. The minimum absolute atomic E-state index is 0.407. The second-order valence-corrected chi connectivity index (χ2v) is 6.61. The Labute approximate surface area is 142 Å². The molecule has 1 unspecified atom stereocenters. The molecule has 0 amide bonds. The van der Waals surface area contributed by atoms with Crippen LogP contribution in [0, 0.1) is 0 Å². The molecule has 1 saturated carbocycles. The summed E-state index contributed by atoms with van der Waals surface area (Å²) in [5, 5.41) is 11.7. The number of likely N-dealkylation sites (N-methyl/N-ethyl adjacent to an activating group) is 1. The van der Waals surface area contributed by atoms with Crippen molar-refractivity contribution in [2.75, 3.05) is 35.3 Å². The van der Waals surface area contributed by atoms with Crippen LogP contribution in [0.15, 0.2) is 30.7 Å². The summed E-state index contributed by atoms with van der Waals surface area (Å²) in [5.74, 6) is 2.85. The summed E-state index contributed by atoms with van der Waals surface area (Å²) in [5.41, 5.74) is 0. The van der Waals surface area contributed by atoms with Gasteiger partial charge in [0.05, 0.1) is 0 Å². The molecule has 1 atom stereocenters. The van der Waals surface area contributed by atoms with Crippen LogP contribution in [-0.4, -0.2) is 52.4 Å². The molecule has 126 valence electrons. The van der Waals surface area contributed by atoms with Gasteiger partial charge in [0.15, 0.2) is 5.82 Å². The molecule has 24 heavy (non-hydrogen) atoms. The molecule has 0 aromatic carbocycles. The summed E-state index contributed by atoms with van der Waals surface area (Å²) in [7, 11) is 2.12. The van der Waals surface area contributed by atoms with Crippen molar-refractivity contribution in [3.05, 3.63) is 30.7 Å². The normalized spacial score (nSPS) is 20.7. The van der Waals surface area contributed by atoms with E-state index in [4.69, 9.17) is 0 Å². The van der Waals surface area contributed by atoms with E-state index in [0.29, 0.717) is 12.1 Å². The van der Waals surface area contributed by atoms with Gasteiger partial charge in [-0.3, -0.25) is 0 Å². The van der Waals surface area contributed by atoms with Gasteiger partial charge in [-0.2, -0.15) is 5.10 Å². The van der Waals surface area contributed by atoms with Crippen molar-refractivity contribution in [3.63, 3.8) is 0 Å².